The number of aromatic nitrogens is 2. The number of hydrogen-bond donors (Lipinski definition) is 1. The molecule has 1 heterocycles. The molecule has 0 radical (unpaired) electrons. The lowest BCUT2D eigenvalue weighted by Crippen LogP contribution is -2.38. The Morgan fingerprint density at radius 3 is 2.56 bits per heavy atom. The van der Waals surface area contributed by atoms with Crippen molar-refractivity contribution >= 4 is 5.78 Å². The molecule has 1 aliphatic carbocycles. The minimum Gasteiger partial charge on any atom is -0.329 e. The van der Waals surface area contributed by atoms with Crippen LogP contribution < -0.4 is 5.73 Å². The fraction of sp³-hybridized carbons (Fsp3) is 0.714. The minimum atomic E-state index is -0.335. The van der Waals surface area contributed by atoms with Crippen LogP contribution in [0.4, 0.5) is 0 Å². The molecule has 0 amide bonds. The Labute approximate surface area is 109 Å². The lowest BCUT2D eigenvalue weighted by molar-refractivity contribution is 0.0774. The van der Waals surface area contributed by atoms with Crippen molar-refractivity contribution in [2.24, 2.45) is 11.1 Å². The molecule has 0 aromatic carbocycles. The molecule has 0 bridgehead atoms. The van der Waals surface area contributed by atoms with Crippen molar-refractivity contribution in [1.82, 2.24) is 9.78 Å². The molecule has 1 fully saturated rings. The molecular formula is C14H23N3O. The van der Waals surface area contributed by atoms with E-state index in [0.29, 0.717) is 6.54 Å². The van der Waals surface area contributed by atoms with Crippen LogP contribution in [-0.2, 0) is 6.54 Å². The molecule has 100 valence electrons. The third-order valence-corrected chi connectivity index (χ3v) is 4.15. The van der Waals surface area contributed by atoms with Gasteiger partial charge in [0.15, 0.2) is 5.78 Å². The Kier molecular flexibility index (Phi) is 4.17. The number of carbonyl (C=O) groups excluding carboxylic acids is 1. The third kappa shape index (κ3) is 2.48. The van der Waals surface area contributed by atoms with Gasteiger partial charge in [-0.25, -0.2) is 0 Å². The van der Waals surface area contributed by atoms with Gasteiger partial charge in [0, 0.05) is 24.7 Å². The summed E-state index contributed by atoms with van der Waals surface area (Å²) in [7, 11) is 0. The summed E-state index contributed by atoms with van der Waals surface area (Å²) >= 11 is 0. The fourth-order valence-electron chi connectivity index (χ4n) is 2.89. The Morgan fingerprint density at radius 2 is 2.06 bits per heavy atom. The van der Waals surface area contributed by atoms with Crippen LogP contribution in [0.1, 0.15) is 55.8 Å². The van der Waals surface area contributed by atoms with E-state index < -0.39 is 0 Å². The zero-order chi connectivity index (χ0) is 13.0. The van der Waals surface area contributed by atoms with E-state index in [1.54, 1.807) is 10.9 Å². The maximum Gasteiger partial charge on any atom is 0.173 e. The van der Waals surface area contributed by atoms with Crippen molar-refractivity contribution in [2.75, 3.05) is 6.54 Å². The summed E-state index contributed by atoms with van der Waals surface area (Å²) in [6, 6.07) is 0. The van der Waals surface area contributed by atoms with Crippen LogP contribution >= 0.6 is 0 Å². The highest BCUT2D eigenvalue weighted by Crippen LogP contribution is 2.37. The van der Waals surface area contributed by atoms with Crippen molar-refractivity contribution in [2.45, 2.75) is 52.0 Å². The summed E-state index contributed by atoms with van der Waals surface area (Å²) in [5, 5.41) is 4.19. The van der Waals surface area contributed by atoms with E-state index in [1.807, 2.05) is 13.1 Å². The van der Waals surface area contributed by atoms with E-state index in [1.165, 1.54) is 12.8 Å². The van der Waals surface area contributed by atoms with Gasteiger partial charge < -0.3 is 5.73 Å². The molecular weight excluding hydrogens is 226 g/mol. The van der Waals surface area contributed by atoms with Gasteiger partial charge in [-0.3, -0.25) is 9.48 Å². The molecule has 0 aliphatic heterocycles. The standard InChI is InChI=1S/C14H23N3O/c1-2-17-10-12(9-16-17)13(18)14(11-15)7-5-3-4-6-8-14/h9-10H,2-8,11,15H2,1H3. The second kappa shape index (κ2) is 5.65. The Balaban J connectivity index is 2.22. The molecule has 1 saturated carbocycles. The quantitative estimate of drug-likeness (QED) is 0.658. The van der Waals surface area contributed by atoms with Crippen LogP contribution in [-0.4, -0.2) is 22.1 Å². The van der Waals surface area contributed by atoms with Gasteiger partial charge in [0.1, 0.15) is 0 Å². The molecule has 0 unspecified atom stereocenters. The average molecular weight is 249 g/mol. The molecule has 0 atom stereocenters. The summed E-state index contributed by atoms with van der Waals surface area (Å²) in [6.07, 6.45) is 10.1. The van der Waals surface area contributed by atoms with Gasteiger partial charge in [0.2, 0.25) is 0 Å². The zero-order valence-corrected chi connectivity index (χ0v) is 11.2. The van der Waals surface area contributed by atoms with Crippen LogP contribution in [0.5, 0.6) is 0 Å². The Hall–Kier alpha value is -1.16. The molecule has 4 nitrogen and oxygen atoms in total. The molecule has 1 aromatic heterocycles. The first kappa shape index (κ1) is 13.3. The van der Waals surface area contributed by atoms with Crippen LogP contribution in [0.3, 0.4) is 0 Å². The number of rotatable bonds is 4. The first-order chi connectivity index (χ1) is 8.72. The summed E-state index contributed by atoms with van der Waals surface area (Å²) < 4.78 is 1.80. The van der Waals surface area contributed by atoms with Gasteiger partial charge in [-0.05, 0) is 19.8 Å². The van der Waals surface area contributed by atoms with E-state index in [0.717, 1.165) is 37.8 Å². The summed E-state index contributed by atoms with van der Waals surface area (Å²) in [4.78, 5) is 12.7. The fourth-order valence-corrected chi connectivity index (χ4v) is 2.89. The van der Waals surface area contributed by atoms with Crippen LogP contribution in [0.15, 0.2) is 12.4 Å². The van der Waals surface area contributed by atoms with E-state index >= 15 is 0 Å². The predicted octanol–water partition coefficient (Wildman–Crippen LogP) is 2.39. The normalized spacial score (nSPS) is 19.4. The van der Waals surface area contributed by atoms with Gasteiger partial charge in [0.05, 0.1) is 11.8 Å². The van der Waals surface area contributed by atoms with Crippen LogP contribution in [0, 0.1) is 5.41 Å². The Morgan fingerprint density at radius 1 is 1.39 bits per heavy atom. The van der Waals surface area contributed by atoms with E-state index in [4.69, 9.17) is 5.73 Å². The second-order valence-corrected chi connectivity index (χ2v) is 5.31. The van der Waals surface area contributed by atoms with Crippen molar-refractivity contribution in [3.8, 4) is 0 Å². The number of hydrogen-bond acceptors (Lipinski definition) is 3. The molecule has 2 rings (SSSR count). The lowest BCUT2D eigenvalue weighted by Gasteiger charge is -2.29. The minimum absolute atomic E-state index is 0.201. The summed E-state index contributed by atoms with van der Waals surface area (Å²) in [5.41, 5.74) is 6.33. The lowest BCUT2D eigenvalue weighted by atomic mass is 9.75. The third-order valence-electron chi connectivity index (χ3n) is 4.15. The van der Waals surface area contributed by atoms with Crippen molar-refractivity contribution in [1.29, 1.82) is 0 Å². The number of carbonyl (C=O) groups is 1. The number of ketones is 1. The molecule has 4 heteroatoms. The summed E-state index contributed by atoms with van der Waals surface area (Å²) in [6.45, 7) is 3.28. The van der Waals surface area contributed by atoms with E-state index in [2.05, 4.69) is 5.10 Å². The first-order valence-electron chi connectivity index (χ1n) is 6.99. The summed E-state index contributed by atoms with van der Waals surface area (Å²) in [5.74, 6) is 0.201. The van der Waals surface area contributed by atoms with Crippen molar-refractivity contribution in [3.63, 3.8) is 0 Å². The van der Waals surface area contributed by atoms with Gasteiger partial charge in [-0.15, -0.1) is 0 Å². The number of nitrogens with zero attached hydrogens (tertiary/aromatic N) is 2. The average Bonchev–Trinajstić information content (AvgIpc) is 2.75. The van der Waals surface area contributed by atoms with Gasteiger partial charge in [0.25, 0.3) is 0 Å². The number of aryl methyl sites for hydroxylation is 1. The second-order valence-electron chi connectivity index (χ2n) is 5.31. The van der Waals surface area contributed by atoms with E-state index in [-0.39, 0.29) is 11.2 Å². The van der Waals surface area contributed by atoms with Gasteiger partial charge in [-0.1, -0.05) is 25.7 Å². The highest BCUT2D eigenvalue weighted by molar-refractivity contribution is 6.00. The SMILES string of the molecule is CCn1cc(C(=O)C2(CN)CCCCCC2)cn1. The molecule has 0 saturated heterocycles. The zero-order valence-electron chi connectivity index (χ0n) is 11.2. The smallest absolute Gasteiger partial charge is 0.173 e. The van der Waals surface area contributed by atoms with Crippen LogP contribution in [0.25, 0.3) is 0 Å². The highest BCUT2D eigenvalue weighted by atomic mass is 16.1. The van der Waals surface area contributed by atoms with Gasteiger partial charge in [-0.2, -0.15) is 5.10 Å². The molecule has 1 aromatic rings. The topological polar surface area (TPSA) is 60.9 Å². The largest absolute Gasteiger partial charge is 0.329 e. The van der Waals surface area contributed by atoms with Crippen LogP contribution in [0.2, 0.25) is 0 Å². The van der Waals surface area contributed by atoms with E-state index in [9.17, 15) is 4.79 Å². The molecule has 1 aliphatic rings. The molecule has 2 N–H and O–H groups in total. The first-order valence-corrected chi connectivity index (χ1v) is 6.99. The predicted molar refractivity (Wildman–Crippen MR) is 71.4 cm³/mol. The van der Waals surface area contributed by atoms with Gasteiger partial charge >= 0.3 is 0 Å². The van der Waals surface area contributed by atoms with Crippen molar-refractivity contribution in [3.05, 3.63) is 18.0 Å². The number of nitrogens with two attached hydrogens (primary N) is 1. The maximum absolute atomic E-state index is 12.7. The molecule has 0 spiro atoms. The molecule has 18 heavy (non-hydrogen) atoms. The maximum atomic E-state index is 12.7. The number of Topliss-reactive ketones (excluding diaryl/α,β-unsaturated/α-hetero) is 1. The Bertz CT molecular complexity index is 403. The monoisotopic (exact) mass is 249 g/mol. The highest BCUT2D eigenvalue weighted by Gasteiger charge is 2.38. The van der Waals surface area contributed by atoms with Crippen molar-refractivity contribution < 1.29 is 4.79 Å².